The number of likely N-dealkylation sites (tertiary alicyclic amines) is 1. The van der Waals surface area contributed by atoms with Crippen molar-refractivity contribution in [3.05, 3.63) is 65.7 Å². The van der Waals surface area contributed by atoms with Crippen LogP contribution in [0, 0.1) is 5.82 Å². The van der Waals surface area contributed by atoms with Gasteiger partial charge in [0.05, 0.1) is 12.5 Å². The smallest absolute Gasteiger partial charge is 0.227 e. The van der Waals surface area contributed by atoms with Crippen LogP contribution in [0.4, 0.5) is 4.39 Å². The molecule has 2 heterocycles. The first-order valence-corrected chi connectivity index (χ1v) is 8.64. The van der Waals surface area contributed by atoms with E-state index in [0.29, 0.717) is 6.04 Å². The SMILES string of the molecule is CN(C)[C@@H]1CCN(C(=O)Cc2cccc(F)c2)[C@H]1Cc1ccncc1. The maximum atomic E-state index is 13.4. The molecule has 0 spiro atoms. The third kappa shape index (κ3) is 4.23. The maximum Gasteiger partial charge on any atom is 0.227 e. The van der Waals surface area contributed by atoms with Crippen molar-refractivity contribution in [2.45, 2.75) is 31.3 Å². The van der Waals surface area contributed by atoms with E-state index < -0.39 is 0 Å². The van der Waals surface area contributed by atoms with Crippen molar-refractivity contribution >= 4 is 5.91 Å². The average molecular weight is 341 g/mol. The molecule has 0 radical (unpaired) electrons. The van der Waals surface area contributed by atoms with Crippen LogP contribution >= 0.6 is 0 Å². The van der Waals surface area contributed by atoms with Crippen molar-refractivity contribution in [3.63, 3.8) is 0 Å². The summed E-state index contributed by atoms with van der Waals surface area (Å²) in [5, 5.41) is 0. The minimum atomic E-state index is -0.300. The summed E-state index contributed by atoms with van der Waals surface area (Å²) in [6, 6.07) is 10.7. The molecular formula is C20H24FN3O. The van der Waals surface area contributed by atoms with E-state index in [9.17, 15) is 9.18 Å². The summed E-state index contributed by atoms with van der Waals surface area (Å²) >= 11 is 0. The highest BCUT2D eigenvalue weighted by atomic mass is 19.1. The van der Waals surface area contributed by atoms with E-state index in [1.807, 2.05) is 17.0 Å². The van der Waals surface area contributed by atoms with Gasteiger partial charge in [-0.25, -0.2) is 4.39 Å². The molecule has 1 aromatic heterocycles. The number of carbonyl (C=O) groups is 1. The average Bonchev–Trinajstić information content (AvgIpc) is 3.00. The van der Waals surface area contributed by atoms with Crippen molar-refractivity contribution < 1.29 is 9.18 Å². The summed E-state index contributed by atoms with van der Waals surface area (Å²) in [6.45, 7) is 0.743. The van der Waals surface area contributed by atoms with Gasteiger partial charge in [0.15, 0.2) is 0 Å². The minimum Gasteiger partial charge on any atom is -0.337 e. The van der Waals surface area contributed by atoms with Crippen molar-refractivity contribution in [2.75, 3.05) is 20.6 Å². The van der Waals surface area contributed by atoms with Crippen LogP contribution in [0.2, 0.25) is 0 Å². The quantitative estimate of drug-likeness (QED) is 0.839. The zero-order valence-corrected chi connectivity index (χ0v) is 14.7. The second kappa shape index (κ2) is 7.74. The summed E-state index contributed by atoms with van der Waals surface area (Å²) < 4.78 is 13.4. The van der Waals surface area contributed by atoms with Crippen LogP contribution in [0.25, 0.3) is 0 Å². The van der Waals surface area contributed by atoms with Gasteiger partial charge in [-0.05, 0) is 62.3 Å². The molecule has 25 heavy (non-hydrogen) atoms. The first-order valence-electron chi connectivity index (χ1n) is 8.64. The fourth-order valence-electron chi connectivity index (χ4n) is 3.68. The number of benzene rings is 1. The molecule has 1 amide bonds. The molecule has 0 aliphatic carbocycles. The highest BCUT2D eigenvalue weighted by molar-refractivity contribution is 5.79. The van der Waals surface area contributed by atoms with Gasteiger partial charge in [0.1, 0.15) is 5.82 Å². The van der Waals surface area contributed by atoms with Gasteiger partial charge in [0, 0.05) is 25.0 Å². The summed E-state index contributed by atoms with van der Waals surface area (Å²) in [5.41, 5.74) is 1.90. The van der Waals surface area contributed by atoms with E-state index in [1.165, 1.54) is 17.7 Å². The normalized spacial score (nSPS) is 20.2. The lowest BCUT2D eigenvalue weighted by molar-refractivity contribution is -0.131. The Labute approximate surface area is 148 Å². The summed E-state index contributed by atoms with van der Waals surface area (Å²) in [5.74, 6) is -0.236. The first kappa shape index (κ1) is 17.5. The summed E-state index contributed by atoms with van der Waals surface area (Å²) in [7, 11) is 4.12. The molecule has 132 valence electrons. The van der Waals surface area contributed by atoms with Gasteiger partial charge in [-0.15, -0.1) is 0 Å². The predicted octanol–water partition coefficient (Wildman–Crippen LogP) is 2.54. The molecular weight excluding hydrogens is 317 g/mol. The molecule has 1 aliphatic rings. The van der Waals surface area contributed by atoms with Crippen molar-refractivity contribution in [1.82, 2.24) is 14.8 Å². The van der Waals surface area contributed by atoms with Gasteiger partial charge in [0.25, 0.3) is 0 Å². The number of hydrogen-bond donors (Lipinski definition) is 0. The van der Waals surface area contributed by atoms with Gasteiger partial charge < -0.3 is 9.80 Å². The largest absolute Gasteiger partial charge is 0.337 e. The first-order chi connectivity index (χ1) is 12.0. The number of pyridine rings is 1. The molecule has 2 atom stereocenters. The topological polar surface area (TPSA) is 36.4 Å². The number of likely N-dealkylation sites (N-methyl/N-ethyl adjacent to an activating group) is 1. The van der Waals surface area contributed by atoms with Crippen LogP contribution in [0.5, 0.6) is 0 Å². The van der Waals surface area contributed by atoms with E-state index in [2.05, 4.69) is 24.0 Å². The predicted molar refractivity (Wildman–Crippen MR) is 95.6 cm³/mol. The number of hydrogen-bond acceptors (Lipinski definition) is 3. The second-order valence-corrected chi connectivity index (χ2v) is 6.84. The zero-order chi connectivity index (χ0) is 17.8. The second-order valence-electron chi connectivity index (χ2n) is 6.84. The van der Waals surface area contributed by atoms with Gasteiger partial charge in [-0.3, -0.25) is 9.78 Å². The molecule has 0 N–H and O–H groups in total. The Bertz CT molecular complexity index is 720. The fourth-order valence-corrected chi connectivity index (χ4v) is 3.68. The molecule has 5 heteroatoms. The van der Waals surface area contributed by atoms with Crippen LogP contribution in [-0.2, 0) is 17.6 Å². The Hall–Kier alpha value is -2.27. The lowest BCUT2D eigenvalue weighted by Gasteiger charge is -2.31. The highest BCUT2D eigenvalue weighted by Crippen LogP contribution is 2.25. The van der Waals surface area contributed by atoms with E-state index >= 15 is 0 Å². The molecule has 2 aromatic rings. The summed E-state index contributed by atoms with van der Waals surface area (Å²) in [4.78, 5) is 21.1. The van der Waals surface area contributed by atoms with E-state index in [-0.39, 0.29) is 24.2 Å². The number of aromatic nitrogens is 1. The third-order valence-corrected chi connectivity index (χ3v) is 4.93. The molecule has 4 nitrogen and oxygen atoms in total. The van der Waals surface area contributed by atoms with Crippen molar-refractivity contribution in [2.24, 2.45) is 0 Å². The standard InChI is InChI=1S/C20H24FN3O/c1-23(2)18-8-11-24(19(18)13-15-6-9-22-10-7-15)20(25)14-16-4-3-5-17(21)12-16/h3-7,9-10,12,18-19H,8,11,13-14H2,1-2H3/t18-,19+/m1/s1. The number of nitrogens with zero attached hydrogens (tertiary/aromatic N) is 3. The van der Waals surface area contributed by atoms with Crippen LogP contribution in [0.3, 0.4) is 0 Å². The number of carbonyl (C=O) groups excluding carboxylic acids is 1. The van der Waals surface area contributed by atoms with Crippen molar-refractivity contribution in [3.8, 4) is 0 Å². The van der Waals surface area contributed by atoms with E-state index in [4.69, 9.17) is 0 Å². The fraction of sp³-hybridized carbons (Fsp3) is 0.400. The number of rotatable bonds is 5. The van der Waals surface area contributed by atoms with Crippen LogP contribution < -0.4 is 0 Å². The van der Waals surface area contributed by atoms with Crippen LogP contribution in [0.1, 0.15) is 17.5 Å². The molecule has 1 saturated heterocycles. The number of amides is 1. The lowest BCUT2D eigenvalue weighted by atomic mass is 9.99. The molecule has 3 rings (SSSR count). The molecule has 1 aliphatic heterocycles. The Balaban J connectivity index is 1.76. The Morgan fingerprint density at radius 1 is 1.24 bits per heavy atom. The van der Waals surface area contributed by atoms with E-state index in [1.54, 1.807) is 24.5 Å². The van der Waals surface area contributed by atoms with Crippen LogP contribution in [0.15, 0.2) is 48.8 Å². The van der Waals surface area contributed by atoms with Gasteiger partial charge in [-0.1, -0.05) is 12.1 Å². The minimum absolute atomic E-state index is 0.0639. The molecule has 0 saturated carbocycles. The molecule has 1 aromatic carbocycles. The molecule has 0 bridgehead atoms. The Morgan fingerprint density at radius 2 is 2.00 bits per heavy atom. The van der Waals surface area contributed by atoms with Crippen LogP contribution in [-0.4, -0.2) is 53.4 Å². The number of halogens is 1. The van der Waals surface area contributed by atoms with E-state index in [0.717, 1.165) is 24.9 Å². The lowest BCUT2D eigenvalue weighted by Crippen LogP contribution is -2.46. The molecule has 0 unspecified atom stereocenters. The third-order valence-electron chi connectivity index (χ3n) is 4.93. The molecule has 1 fully saturated rings. The zero-order valence-electron chi connectivity index (χ0n) is 14.7. The van der Waals surface area contributed by atoms with Gasteiger partial charge in [0.2, 0.25) is 5.91 Å². The highest BCUT2D eigenvalue weighted by Gasteiger charge is 2.37. The monoisotopic (exact) mass is 341 g/mol. The Kier molecular flexibility index (Phi) is 5.43. The van der Waals surface area contributed by atoms with Crippen molar-refractivity contribution in [1.29, 1.82) is 0 Å². The summed E-state index contributed by atoms with van der Waals surface area (Å²) in [6.07, 6.45) is 5.57. The Morgan fingerprint density at radius 3 is 2.68 bits per heavy atom. The maximum absolute atomic E-state index is 13.4. The van der Waals surface area contributed by atoms with Gasteiger partial charge in [-0.2, -0.15) is 0 Å². The van der Waals surface area contributed by atoms with Gasteiger partial charge >= 0.3 is 0 Å².